The molecular formula is C20H16BrClN4S2. The Bertz CT molecular complexity index is 1090. The molecule has 142 valence electrons. The molecule has 0 aliphatic heterocycles. The third-order valence-corrected chi connectivity index (χ3v) is 6.92. The van der Waals surface area contributed by atoms with Crippen LogP contribution in [0.3, 0.4) is 0 Å². The summed E-state index contributed by atoms with van der Waals surface area (Å²) in [6.45, 7) is 2.91. The van der Waals surface area contributed by atoms with Gasteiger partial charge in [0.1, 0.15) is 5.01 Å². The Balaban J connectivity index is 1.51. The molecule has 8 heteroatoms. The summed E-state index contributed by atoms with van der Waals surface area (Å²) in [5.74, 6) is 1.62. The van der Waals surface area contributed by atoms with Crippen LogP contribution in [0.5, 0.6) is 0 Å². The summed E-state index contributed by atoms with van der Waals surface area (Å²) in [6.07, 6.45) is 0. The number of nitrogens with zero attached hydrogens (tertiary/aromatic N) is 4. The van der Waals surface area contributed by atoms with Crippen molar-refractivity contribution in [3.63, 3.8) is 0 Å². The minimum Gasteiger partial charge on any atom is -0.302 e. The minimum absolute atomic E-state index is 0.723. The third kappa shape index (κ3) is 4.17. The van der Waals surface area contributed by atoms with E-state index in [-0.39, 0.29) is 0 Å². The molecule has 0 atom stereocenters. The van der Waals surface area contributed by atoms with E-state index in [4.69, 9.17) is 16.6 Å². The average molecular weight is 492 g/mol. The van der Waals surface area contributed by atoms with Crippen LogP contribution in [0.25, 0.3) is 22.0 Å². The topological polar surface area (TPSA) is 43.6 Å². The molecule has 0 aliphatic rings. The quantitative estimate of drug-likeness (QED) is 0.278. The highest BCUT2D eigenvalue weighted by molar-refractivity contribution is 9.10. The van der Waals surface area contributed by atoms with E-state index in [0.29, 0.717) is 0 Å². The van der Waals surface area contributed by atoms with E-state index >= 15 is 0 Å². The molecule has 2 aromatic heterocycles. The van der Waals surface area contributed by atoms with E-state index in [0.717, 1.165) is 54.6 Å². The molecule has 4 nitrogen and oxygen atoms in total. The number of aromatic nitrogens is 4. The summed E-state index contributed by atoms with van der Waals surface area (Å²) in [6, 6.07) is 15.9. The number of thioether (sulfide) groups is 1. The lowest BCUT2D eigenvalue weighted by Gasteiger charge is -2.07. The third-order valence-electron chi connectivity index (χ3n) is 4.14. The number of hydrogen-bond acceptors (Lipinski definition) is 5. The number of thiazole rings is 1. The molecule has 0 amide bonds. The minimum atomic E-state index is 0.723. The zero-order chi connectivity index (χ0) is 19.5. The highest BCUT2D eigenvalue weighted by atomic mass is 79.9. The zero-order valence-corrected chi connectivity index (χ0v) is 18.9. The van der Waals surface area contributed by atoms with E-state index < -0.39 is 0 Å². The monoisotopic (exact) mass is 490 g/mol. The molecule has 0 unspecified atom stereocenters. The summed E-state index contributed by atoms with van der Waals surface area (Å²) in [5.41, 5.74) is 3.04. The van der Waals surface area contributed by atoms with Crippen molar-refractivity contribution in [1.29, 1.82) is 0 Å². The van der Waals surface area contributed by atoms with Crippen molar-refractivity contribution in [3.8, 4) is 22.0 Å². The molecule has 4 rings (SSSR count). The standard InChI is InChI=1S/C20H16BrClN4S2/c1-2-26-18(13-7-9-14(21)10-8-13)24-25-20(26)28-12-15-11-27-19(23-15)16-5-3-4-6-17(16)22/h3-11H,2,12H2,1H3. The van der Waals surface area contributed by atoms with Crippen LogP contribution in [0, 0.1) is 0 Å². The van der Waals surface area contributed by atoms with Crippen molar-refractivity contribution < 1.29 is 0 Å². The van der Waals surface area contributed by atoms with E-state index in [9.17, 15) is 0 Å². The van der Waals surface area contributed by atoms with Crippen LogP contribution < -0.4 is 0 Å². The lowest BCUT2D eigenvalue weighted by atomic mass is 10.2. The summed E-state index contributed by atoms with van der Waals surface area (Å²) >= 11 is 13.0. The Labute approximate surface area is 185 Å². The lowest BCUT2D eigenvalue weighted by Crippen LogP contribution is -1.99. The Hall–Kier alpha value is -1.67. The first-order chi connectivity index (χ1) is 13.7. The van der Waals surface area contributed by atoms with Gasteiger partial charge in [-0.05, 0) is 25.1 Å². The van der Waals surface area contributed by atoms with Crippen LogP contribution in [0.15, 0.2) is 63.5 Å². The molecule has 0 saturated heterocycles. The Kier molecular flexibility index (Phi) is 6.16. The molecule has 0 spiro atoms. The van der Waals surface area contributed by atoms with Gasteiger partial charge in [0.2, 0.25) is 0 Å². The van der Waals surface area contributed by atoms with Gasteiger partial charge >= 0.3 is 0 Å². The lowest BCUT2D eigenvalue weighted by molar-refractivity contribution is 0.687. The summed E-state index contributed by atoms with van der Waals surface area (Å²) in [4.78, 5) is 4.74. The molecule has 0 N–H and O–H groups in total. The summed E-state index contributed by atoms with van der Waals surface area (Å²) in [5, 5.41) is 13.4. The number of halogens is 2. The fourth-order valence-corrected chi connectivity index (χ4v) is 5.17. The van der Waals surface area contributed by atoms with E-state index in [1.165, 1.54) is 0 Å². The molecule has 0 aliphatic carbocycles. The van der Waals surface area contributed by atoms with Gasteiger partial charge in [-0.25, -0.2) is 4.98 Å². The first kappa shape index (κ1) is 19.6. The van der Waals surface area contributed by atoms with Gasteiger partial charge in [-0.2, -0.15) is 0 Å². The highest BCUT2D eigenvalue weighted by Crippen LogP contribution is 2.32. The van der Waals surface area contributed by atoms with Crippen LogP contribution >= 0.6 is 50.6 Å². The van der Waals surface area contributed by atoms with Gasteiger partial charge in [-0.1, -0.05) is 69.6 Å². The SMILES string of the molecule is CCn1c(SCc2csc(-c3ccccc3Cl)n2)nnc1-c1ccc(Br)cc1. The van der Waals surface area contributed by atoms with E-state index in [1.807, 2.05) is 48.5 Å². The first-order valence-corrected chi connectivity index (χ1v) is 11.7. The van der Waals surface area contributed by atoms with Gasteiger partial charge in [0.25, 0.3) is 0 Å². The normalized spacial score (nSPS) is 11.1. The molecule has 2 aromatic carbocycles. The molecule has 4 aromatic rings. The fraction of sp³-hybridized carbons (Fsp3) is 0.150. The molecule has 0 fully saturated rings. The number of rotatable bonds is 6. The molecule has 0 radical (unpaired) electrons. The van der Waals surface area contributed by atoms with Crippen molar-refractivity contribution in [2.45, 2.75) is 24.4 Å². The second-order valence-corrected chi connectivity index (χ2v) is 9.09. The van der Waals surface area contributed by atoms with Gasteiger partial charge in [-0.3, -0.25) is 0 Å². The first-order valence-electron chi connectivity index (χ1n) is 8.67. The molecule has 28 heavy (non-hydrogen) atoms. The smallest absolute Gasteiger partial charge is 0.191 e. The second kappa shape index (κ2) is 8.78. The van der Waals surface area contributed by atoms with Gasteiger partial charge in [0.15, 0.2) is 11.0 Å². The maximum absolute atomic E-state index is 6.29. The highest BCUT2D eigenvalue weighted by Gasteiger charge is 2.14. The van der Waals surface area contributed by atoms with Crippen molar-refractivity contribution in [2.75, 3.05) is 0 Å². The van der Waals surface area contributed by atoms with E-state index in [2.05, 4.69) is 43.0 Å². The van der Waals surface area contributed by atoms with Crippen LogP contribution in [-0.4, -0.2) is 19.7 Å². The van der Waals surface area contributed by atoms with Crippen molar-refractivity contribution in [1.82, 2.24) is 19.7 Å². The van der Waals surface area contributed by atoms with Crippen molar-refractivity contribution in [2.24, 2.45) is 0 Å². The van der Waals surface area contributed by atoms with Gasteiger partial charge in [-0.15, -0.1) is 21.5 Å². The second-order valence-electron chi connectivity index (χ2n) is 5.97. The summed E-state index contributed by atoms with van der Waals surface area (Å²) < 4.78 is 3.18. The van der Waals surface area contributed by atoms with Crippen LogP contribution in [0.1, 0.15) is 12.6 Å². The maximum atomic E-state index is 6.29. The molecule has 0 bridgehead atoms. The van der Waals surface area contributed by atoms with Crippen LogP contribution in [0.2, 0.25) is 5.02 Å². The number of hydrogen-bond donors (Lipinski definition) is 0. The fourth-order valence-electron chi connectivity index (χ4n) is 2.76. The Morgan fingerprint density at radius 3 is 2.64 bits per heavy atom. The molecular weight excluding hydrogens is 476 g/mol. The predicted octanol–water partition coefficient (Wildman–Crippen LogP) is 6.80. The van der Waals surface area contributed by atoms with Crippen LogP contribution in [-0.2, 0) is 12.3 Å². The largest absolute Gasteiger partial charge is 0.302 e. The predicted molar refractivity (Wildman–Crippen MR) is 121 cm³/mol. The Morgan fingerprint density at radius 2 is 1.89 bits per heavy atom. The molecule has 2 heterocycles. The van der Waals surface area contributed by atoms with Crippen molar-refractivity contribution >= 4 is 50.6 Å². The zero-order valence-electron chi connectivity index (χ0n) is 15.0. The number of benzene rings is 2. The molecule has 0 saturated carbocycles. The van der Waals surface area contributed by atoms with E-state index in [1.54, 1.807) is 23.1 Å². The van der Waals surface area contributed by atoms with Crippen LogP contribution in [0.4, 0.5) is 0 Å². The Morgan fingerprint density at radius 1 is 1.11 bits per heavy atom. The van der Waals surface area contributed by atoms with Crippen molar-refractivity contribution in [3.05, 3.63) is 69.1 Å². The van der Waals surface area contributed by atoms with Gasteiger partial charge in [0.05, 0.1) is 10.7 Å². The maximum Gasteiger partial charge on any atom is 0.191 e. The van der Waals surface area contributed by atoms with Gasteiger partial charge < -0.3 is 4.57 Å². The summed E-state index contributed by atoms with van der Waals surface area (Å²) in [7, 11) is 0. The average Bonchev–Trinajstić information content (AvgIpc) is 3.34. The van der Waals surface area contributed by atoms with Gasteiger partial charge in [0, 0.05) is 33.3 Å².